The van der Waals surface area contributed by atoms with E-state index in [1.165, 1.54) is 0 Å². The van der Waals surface area contributed by atoms with Crippen molar-refractivity contribution in [3.8, 4) is 11.5 Å². The van der Waals surface area contributed by atoms with Crippen molar-refractivity contribution in [1.29, 1.82) is 0 Å². The van der Waals surface area contributed by atoms with Crippen molar-refractivity contribution in [2.24, 2.45) is 5.73 Å². The van der Waals surface area contributed by atoms with Gasteiger partial charge in [0.15, 0.2) is 0 Å². The van der Waals surface area contributed by atoms with Gasteiger partial charge in [-0.3, -0.25) is 0 Å². The topological polar surface area (TPSA) is 55.5 Å². The number of methoxy groups -OCH3 is 1. The second-order valence-electron chi connectivity index (χ2n) is 4.31. The van der Waals surface area contributed by atoms with E-state index in [0.29, 0.717) is 12.3 Å². The van der Waals surface area contributed by atoms with E-state index in [-0.39, 0.29) is 11.2 Å². The van der Waals surface area contributed by atoms with Crippen LogP contribution in [0.4, 0.5) is 0 Å². The fourth-order valence-electron chi connectivity index (χ4n) is 1.73. The number of phenols is 1. The number of hydrogen-bond acceptors (Lipinski definition) is 3. The Morgan fingerprint density at radius 1 is 1.40 bits per heavy atom. The van der Waals surface area contributed by atoms with Crippen LogP contribution in [0, 0.1) is 0 Å². The molecule has 0 aliphatic rings. The molecule has 1 rings (SSSR count). The van der Waals surface area contributed by atoms with Gasteiger partial charge < -0.3 is 15.6 Å². The standard InChI is InChI=1S/C12H19NO2/c1-12(2,6-7-13)10-5-4-9(14)8-11(10)15-3/h4-5,8,14H,6-7,13H2,1-3H3. The van der Waals surface area contributed by atoms with Gasteiger partial charge in [0.25, 0.3) is 0 Å². The normalized spacial score (nSPS) is 11.5. The highest BCUT2D eigenvalue weighted by Gasteiger charge is 2.23. The molecule has 0 aliphatic carbocycles. The molecule has 3 heteroatoms. The molecule has 0 saturated carbocycles. The first-order chi connectivity index (χ1) is 7.01. The molecule has 15 heavy (non-hydrogen) atoms. The minimum absolute atomic E-state index is 0.0339. The second kappa shape index (κ2) is 4.53. The van der Waals surface area contributed by atoms with Gasteiger partial charge in [0.2, 0.25) is 0 Å². The Morgan fingerprint density at radius 3 is 2.60 bits per heavy atom. The lowest BCUT2D eigenvalue weighted by Crippen LogP contribution is -2.22. The lowest BCUT2D eigenvalue weighted by molar-refractivity contribution is 0.381. The first kappa shape index (κ1) is 11.9. The van der Waals surface area contributed by atoms with Crippen LogP contribution in [0.1, 0.15) is 25.8 Å². The summed E-state index contributed by atoms with van der Waals surface area (Å²) in [5.74, 6) is 0.938. The molecule has 1 aromatic carbocycles. The summed E-state index contributed by atoms with van der Waals surface area (Å²) in [4.78, 5) is 0. The van der Waals surface area contributed by atoms with Crippen molar-refractivity contribution in [3.63, 3.8) is 0 Å². The summed E-state index contributed by atoms with van der Waals surface area (Å²) in [7, 11) is 1.61. The maximum Gasteiger partial charge on any atom is 0.126 e. The van der Waals surface area contributed by atoms with E-state index in [0.717, 1.165) is 12.0 Å². The Labute approximate surface area is 90.9 Å². The van der Waals surface area contributed by atoms with Crippen LogP contribution in [0.2, 0.25) is 0 Å². The lowest BCUT2D eigenvalue weighted by atomic mass is 9.81. The predicted molar refractivity (Wildman–Crippen MR) is 61.4 cm³/mol. The lowest BCUT2D eigenvalue weighted by Gasteiger charge is -2.26. The van der Waals surface area contributed by atoms with Crippen LogP contribution in [-0.2, 0) is 5.41 Å². The van der Waals surface area contributed by atoms with Crippen LogP contribution in [0.15, 0.2) is 18.2 Å². The number of hydrogen-bond donors (Lipinski definition) is 2. The summed E-state index contributed by atoms with van der Waals surface area (Å²) in [5.41, 5.74) is 6.63. The first-order valence-corrected chi connectivity index (χ1v) is 5.09. The third kappa shape index (κ3) is 2.63. The van der Waals surface area contributed by atoms with E-state index in [1.807, 2.05) is 6.07 Å². The summed E-state index contributed by atoms with van der Waals surface area (Å²) in [5, 5.41) is 9.36. The number of ether oxygens (including phenoxy) is 1. The molecule has 3 N–H and O–H groups in total. The van der Waals surface area contributed by atoms with Gasteiger partial charge in [0.1, 0.15) is 11.5 Å². The Bertz CT molecular complexity index is 334. The fraction of sp³-hybridized carbons (Fsp3) is 0.500. The fourth-order valence-corrected chi connectivity index (χ4v) is 1.73. The molecule has 3 nitrogen and oxygen atoms in total. The quantitative estimate of drug-likeness (QED) is 0.797. The molecule has 0 spiro atoms. The maximum absolute atomic E-state index is 9.36. The van der Waals surface area contributed by atoms with Gasteiger partial charge in [-0.2, -0.15) is 0 Å². The molecule has 1 aromatic rings. The highest BCUT2D eigenvalue weighted by molar-refractivity contribution is 5.43. The average molecular weight is 209 g/mol. The summed E-state index contributed by atoms with van der Waals surface area (Å²) in [6, 6.07) is 5.20. The summed E-state index contributed by atoms with van der Waals surface area (Å²) in [6.07, 6.45) is 0.883. The molecular formula is C12H19NO2. The van der Waals surface area contributed by atoms with Crippen LogP contribution >= 0.6 is 0 Å². The molecular weight excluding hydrogens is 190 g/mol. The van der Waals surface area contributed by atoms with Gasteiger partial charge in [-0.25, -0.2) is 0 Å². The van der Waals surface area contributed by atoms with Gasteiger partial charge in [0, 0.05) is 11.6 Å². The highest BCUT2D eigenvalue weighted by Crippen LogP contribution is 2.35. The maximum atomic E-state index is 9.36. The number of rotatable bonds is 4. The van der Waals surface area contributed by atoms with Gasteiger partial charge in [-0.1, -0.05) is 19.9 Å². The molecule has 0 unspecified atom stereocenters. The van der Waals surface area contributed by atoms with E-state index >= 15 is 0 Å². The van der Waals surface area contributed by atoms with Gasteiger partial charge in [-0.05, 0) is 24.4 Å². The van der Waals surface area contributed by atoms with E-state index < -0.39 is 0 Å². The van der Waals surface area contributed by atoms with Crippen molar-refractivity contribution in [2.75, 3.05) is 13.7 Å². The van der Waals surface area contributed by atoms with Crippen molar-refractivity contribution < 1.29 is 9.84 Å². The van der Waals surface area contributed by atoms with Crippen LogP contribution in [0.5, 0.6) is 11.5 Å². The molecule has 84 valence electrons. The number of aromatic hydroxyl groups is 1. The Balaban J connectivity index is 3.12. The average Bonchev–Trinajstić information content (AvgIpc) is 2.17. The van der Waals surface area contributed by atoms with E-state index in [4.69, 9.17) is 10.5 Å². The largest absolute Gasteiger partial charge is 0.508 e. The van der Waals surface area contributed by atoms with E-state index in [2.05, 4.69) is 13.8 Å². The smallest absolute Gasteiger partial charge is 0.126 e. The van der Waals surface area contributed by atoms with Crippen molar-refractivity contribution in [2.45, 2.75) is 25.7 Å². The summed E-state index contributed by atoms with van der Waals surface area (Å²) < 4.78 is 5.26. The van der Waals surface area contributed by atoms with Gasteiger partial charge in [-0.15, -0.1) is 0 Å². The van der Waals surface area contributed by atoms with Crippen LogP contribution in [0.25, 0.3) is 0 Å². The summed E-state index contributed by atoms with van der Waals surface area (Å²) in [6.45, 7) is 4.88. The molecule has 0 amide bonds. The highest BCUT2D eigenvalue weighted by atomic mass is 16.5. The minimum atomic E-state index is -0.0339. The van der Waals surface area contributed by atoms with E-state index in [9.17, 15) is 5.11 Å². The molecule has 0 atom stereocenters. The molecule has 0 bridgehead atoms. The predicted octanol–water partition coefficient (Wildman–Crippen LogP) is 2.03. The monoisotopic (exact) mass is 209 g/mol. The van der Waals surface area contributed by atoms with Gasteiger partial charge >= 0.3 is 0 Å². The number of phenolic OH excluding ortho intramolecular Hbond substituents is 1. The van der Waals surface area contributed by atoms with Gasteiger partial charge in [0.05, 0.1) is 7.11 Å². The first-order valence-electron chi connectivity index (χ1n) is 5.09. The Morgan fingerprint density at radius 2 is 2.07 bits per heavy atom. The summed E-state index contributed by atoms with van der Waals surface area (Å²) >= 11 is 0. The molecule has 0 aromatic heterocycles. The zero-order chi connectivity index (χ0) is 11.5. The molecule has 0 aliphatic heterocycles. The third-order valence-electron chi connectivity index (χ3n) is 2.68. The Hall–Kier alpha value is -1.22. The number of nitrogens with two attached hydrogens (primary N) is 1. The molecule has 0 heterocycles. The van der Waals surface area contributed by atoms with E-state index in [1.54, 1.807) is 19.2 Å². The van der Waals surface area contributed by atoms with Crippen LogP contribution in [0.3, 0.4) is 0 Å². The zero-order valence-electron chi connectivity index (χ0n) is 9.58. The van der Waals surface area contributed by atoms with Crippen LogP contribution in [-0.4, -0.2) is 18.8 Å². The third-order valence-corrected chi connectivity index (χ3v) is 2.68. The Kier molecular flexibility index (Phi) is 3.58. The molecule has 0 saturated heterocycles. The molecule has 0 radical (unpaired) electrons. The van der Waals surface area contributed by atoms with Crippen molar-refractivity contribution in [1.82, 2.24) is 0 Å². The zero-order valence-corrected chi connectivity index (χ0v) is 9.58. The minimum Gasteiger partial charge on any atom is -0.508 e. The number of benzene rings is 1. The SMILES string of the molecule is COc1cc(O)ccc1C(C)(C)CCN. The van der Waals surface area contributed by atoms with Crippen LogP contribution < -0.4 is 10.5 Å². The molecule has 0 fully saturated rings. The van der Waals surface area contributed by atoms with Crippen molar-refractivity contribution >= 4 is 0 Å². The second-order valence-corrected chi connectivity index (χ2v) is 4.31. The van der Waals surface area contributed by atoms with Crippen molar-refractivity contribution in [3.05, 3.63) is 23.8 Å².